The third-order valence-corrected chi connectivity index (χ3v) is 3.73. The van der Waals surface area contributed by atoms with Crippen molar-refractivity contribution in [2.75, 3.05) is 13.1 Å². The van der Waals surface area contributed by atoms with Crippen LogP contribution in [0.25, 0.3) is 0 Å². The maximum Gasteiger partial charge on any atom is 0.317 e. The highest BCUT2D eigenvalue weighted by Gasteiger charge is 2.19. The first kappa shape index (κ1) is 15.8. The molecule has 0 saturated heterocycles. The summed E-state index contributed by atoms with van der Waals surface area (Å²) in [6.07, 6.45) is 5.59. The number of urea groups is 1. The lowest BCUT2D eigenvalue weighted by atomic mass is 9.83. The fourth-order valence-corrected chi connectivity index (χ4v) is 2.26. The number of rotatable bonds is 8. The van der Waals surface area contributed by atoms with Gasteiger partial charge < -0.3 is 15.3 Å². The van der Waals surface area contributed by atoms with E-state index in [9.17, 15) is 9.59 Å². The van der Waals surface area contributed by atoms with E-state index in [1.807, 2.05) is 13.8 Å². The predicted octanol–water partition coefficient (Wildman–Crippen LogP) is 2.46. The zero-order chi connectivity index (χ0) is 14.3. The molecule has 0 aromatic rings. The number of amides is 2. The largest absolute Gasteiger partial charge is 0.481 e. The molecule has 0 unspecified atom stereocenters. The van der Waals surface area contributed by atoms with E-state index in [2.05, 4.69) is 5.32 Å². The van der Waals surface area contributed by atoms with Gasteiger partial charge in [-0.3, -0.25) is 4.79 Å². The molecule has 0 atom stereocenters. The summed E-state index contributed by atoms with van der Waals surface area (Å²) in [5, 5.41) is 11.6. The zero-order valence-electron chi connectivity index (χ0n) is 12.0. The van der Waals surface area contributed by atoms with Crippen LogP contribution < -0.4 is 5.32 Å². The maximum absolute atomic E-state index is 12.0. The first-order valence-corrected chi connectivity index (χ1v) is 7.27. The second kappa shape index (κ2) is 8.02. The minimum absolute atomic E-state index is 0.0697. The van der Waals surface area contributed by atoms with E-state index in [0.29, 0.717) is 13.0 Å². The first-order chi connectivity index (χ1) is 9.00. The van der Waals surface area contributed by atoms with E-state index in [4.69, 9.17) is 5.11 Å². The van der Waals surface area contributed by atoms with Crippen molar-refractivity contribution >= 4 is 12.0 Å². The molecular weight excluding hydrogens is 244 g/mol. The number of carboxylic acids is 1. The number of carbonyl (C=O) groups is 2. The molecule has 1 aliphatic rings. The first-order valence-electron chi connectivity index (χ1n) is 7.27. The minimum Gasteiger partial charge on any atom is -0.481 e. The summed E-state index contributed by atoms with van der Waals surface area (Å²) >= 11 is 0. The number of nitrogens with one attached hydrogen (secondary N) is 1. The van der Waals surface area contributed by atoms with Gasteiger partial charge in [0.25, 0.3) is 0 Å². The van der Waals surface area contributed by atoms with Gasteiger partial charge in [0, 0.05) is 25.6 Å². The molecule has 1 rings (SSSR count). The average Bonchev–Trinajstić information content (AvgIpc) is 2.26. The van der Waals surface area contributed by atoms with E-state index in [1.165, 1.54) is 19.3 Å². The molecule has 19 heavy (non-hydrogen) atoms. The van der Waals surface area contributed by atoms with Crippen molar-refractivity contribution in [3.8, 4) is 0 Å². The Hall–Kier alpha value is -1.26. The highest BCUT2D eigenvalue weighted by atomic mass is 16.4. The van der Waals surface area contributed by atoms with Crippen LogP contribution in [0.5, 0.6) is 0 Å². The van der Waals surface area contributed by atoms with Gasteiger partial charge in [-0.1, -0.05) is 19.3 Å². The van der Waals surface area contributed by atoms with Crippen LogP contribution in [-0.4, -0.2) is 41.1 Å². The van der Waals surface area contributed by atoms with Crippen LogP contribution in [0.3, 0.4) is 0 Å². The van der Waals surface area contributed by atoms with Gasteiger partial charge in [-0.15, -0.1) is 0 Å². The van der Waals surface area contributed by atoms with Gasteiger partial charge in [0.1, 0.15) is 0 Å². The lowest BCUT2D eigenvalue weighted by Crippen LogP contribution is -2.45. The normalized spacial score (nSPS) is 15.1. The minimum atomic E-state index is -0.811. The molecular formula is C14H26N2O3. The maximum atomic E-state index is 12.0. The number of hydrogen-bond acceptors (Lipinski definition) is 2. The molecule has 5 heteroatoms. The van der Waals surface area contributed by atoms with Crippen molar-refractivity contribution in [1.82, 2.24) is 10.2 Å². The molecule has 2 N–H and O–H groups in total. The smallest absolute Gasteiger partial charge is 0.317 e. The molecule has 0 bridgehead atoms. The van der Waals surface area contributed by atoms with Crippen molar-refractivity contribution < 1.29 is 14.7 Å². The molecule has 2 amide bonds. The fraction of sp³-hybridized carbons (Fsp3) is 0.857. The van der Waals surface area contributed by atoms with E-state index in [1.54, 1.807) is 4.90 Å². The van der Waals surface area contributed by atoms with Gasteiger partial charge in [-0.2, -0.15) is 0 Å². The average molecular weight is 270 g/mol. The molecule has 1 aliphatic carbocycles. The molecule has 0 radical (unpaired) electrons. The summed E-state index contributed by atoms with van der Waals surface area (Å²) in [5.74, 6) is -0.0195. The number of carbonyl (C=O) groups excluding carboxylic acids is 1. The van der Waals surface area contributed by atoms with Crippen LogP contribution in [0, 0.1) is 5.92 Å². The van der Waals surface area contributed by atoms with Crippen LogP contribution in [0.2, 0.25) is 0 Å². The number of carboxylic acid groups (broad SMARTS) is 1. The second-order valence-electron chi connectivity index (χ2n) is 5.60. The summed E-state index contributed by atoms with van der Waals surface area (Å²) in [7, 11) is 0. The summed E-state index contributed by atoms with van der Waals surface area (Å²) in [5.41, 5.74) is 0. The molecule has 0 aliphatic heterocycles. The van der Waals surface area contributed by atoms with Crippen LogP contribution in [0.15, 0.2) is 0 Å². The Morgan fingerprint density at radius 1 is 1.37 bits per heavy atom. The predicted molar refractivity (Wildman–Crippen MR) is 74.1 cm³/mol. The Bertz CT molecular complexity index is 301. The number of nitrogens with zero attached hydrogens (tertiary/aromatic N) is 1. The summed E-state index contributed by atoms with van der Waals surface area (Å²) in [4.78, 5) is 24.2. The van der Waals surface area contributed by atoms with Crippen LogP contribution >= 0.6 is 0 Å². The lowest BCUT2D eigenvalue weighted by Gasteiger charge is -2.28. The second-order valence-corrected chi connectivity index (χ2v) is 5.60. The summed E-state index contributed by atoms with van der Waals surface area (Å²) in [6, 6.07) is 0.0252. The third-order valence-electron chi connectivity index (χ3n) is 3.73. The fourth-order valence-electron chi connectivity index (χ4n) is 2.26. The van der Waals surface area contributed by atoms with Gasteiger partial charge in [-0.25, -0.2) is 4.79 Å². The number of hydrogen-bond donors (Lipinski definition) is 2. The highest BCUT2D eigenvalue weighted by molar-refractivity contribution is 5.74. The summed E-state index contributed by atoms with van der Waals surface area (Å²) in [6.45, 7) is 5.13. The van der Waals surface area contributed by atoms with E-state index >= 15 is 0 Å². The van der Waals surface area contributed by atoms with E-state index < -0.39 is 5.97 Å². The Labute approximate surface area is 115 Å². The van der Waals surface area contributed by atoms with Gasteiger partial charge >= 0.3 is 12.0 Å². The SMILES string of the molecule is CC(C)N(CCCC(=O)O)C(=O)NCCC1CCC1. The van der Waals surface area contributed by atoms with E-state index in [0.717, 1.165) is 18.9 Å². The Balaban J connectivity index is 2.23. The quantitative estimate of drug-likeness (QED) is 0.712. The van der Waals surface area contributed by atoms with Gasteiger partial charge in [0.2, 0.25) is 0 Å². The lowest BCUT2D eigenvalue weighted by molar-refractivity contribution is -0.137. The van der Waals surface area contributed by atoms with Gasteiger partial charge in [0.15, 0.2) is 0 Å². The van der Waals surface area contributed by atoms with E-state index in [-0.39, 0.29) is 18.5 Å². The van der Waals surface area contributed by atoms with Crippen molar-refractivity contribution in [3.63, 3.8) is 0 Å². The molecule has 1 saturated carbocycles. The van der Waals surface area contributed by atoms with Gasteiger partial charge in [0.05, 0.1) is 0 Å². The molecule has 5 nitrogen and oxygen atoms in total. The molecule has 0 aromatic carbocycles. The standard InChI is InChI=1S/C14H26N2O3/c1-11(2)16(10-4-7-13(17)18)14(19)15-9-8-12-5-3-6-12/h11-12H,3-10H2,1-2H3,(H,15,19)(H,17,18). The topological polar surface area (TPSA) is 69.6 Å². The molecule has 0 spiro atoms. The zero-order valence-corrected chi connectivity index (χ0v) is 12.0. The third kappa shape index (κ3) is 5.94. The summed E-state index contributed by atoms with van der Waals surface area (Å²) < 4.78 is 0. The Kier molecular flexibility index (Phi) is 6.67. The van der Waals surface area contributed by atoms with Crippen LogP contribution in [0.4, 0.5) is 4.79 Å². The molecule has 110 valence electrons. The molecule has 0 heterocycles. The molecule has 1 fully saturated rings. The van der Waals surface area contributed by atoms with Gasteiger partial charge in [-0.05, 0) is 32.6 Å². The van der Waals surface area contributed by atoms with Crippen molar-refractivity contribution in [1.29, 1.82) is 0 Å². The highest BCUT2D eigenvalue weighted by Crippen LogP contribution is 2.28. The number of aliphatic carboxylic acids is 1. The Morgan fingerprint density at radius 3 is 2.53 bits per heavy atom. The van der Waals surface area contributed by atoms with Crippen LogP contribution in [0.1, 0.15) is 52.4 Å². The monoisotopic (exact) mass is 270 g/mol. The Morgan fingerprint density at radius 2 is 2.05 bits per heavy atom. The van der Waals surface area contributed by atoms with Crippen molar-refractivity contribution in [2.24, 2.45) is 5.92 Å². The van der Waals surface area contributed by atoms with Crippen molar-refractivity contribution in [3.05, 3.63) is 0 Å². The van der Waals surface area contributed by atoms with Crippen molar-refractivity contribution in [2.45, 2.75) is 58.4 Å². The van der Waals surface area contributed by atoms with Crippen LogP contribution in [-0.2, 0) is 4.79 Å². The molecule has 0 aromatic heterocycles.